The summed E-state index contributed by atoms with van der Waals surface area (Å²) >= 11 is 5.73. The van der Waals surface area contributed by atoms with Gasteiger partial charge in [-0.1, -0.05) is 11.6 Å². The molecule has 1 atom stereocenters. The molecule has 0 bridgehead atoms. The van der Waals surface area contributed by atoms with Crippen molar-refractivity contribution in [2.75, 3.05) is 6.61 Å². The van der Waals surface area contributed by atoms with Gasteiger partial charge in [0.05, 0.1) is 4.92 Å². The van der Waals surface area contributed by atoms with Crippen LogP contribution >= 0.6 is 24.0 Å². The van der Waals surface area contributed by atoms with E-state index in [1.54, 1.807) is 0 Å². The van der Waals surface area contributed by atoms with Gasteiger partial charge in [0.1, 0.15) is 0 Å². The van der Waals surface area contributed by atoms with Crippen LogP contribution < -0.4 is 5.73 Å². The first-order chi connectivity index (χ1) is 7.06. The SMILES string of the molecule is Cl.N[C@@H](CCO)c1cc(Cl)ccc1[N+](=O)[O-]. The molecule has 0 aliphatic rings. The average molecular weight is 267 g/mol. The van der Waals surface area contributed by atoms with Crippen LogP contribution in [0.1, 0.15) is 18.0 Å². The third-order valence-electron chi connectivity index (χ3n) is 2.03. The molecule has 1 aromatic carbocycles. The second-order valence-electron chi connectivity index (χ2n) is 3.08. The number of hydrogen-bond donors (Lipinski definition) is 2. The van der Waals surface area contributed by atoms with Crippen molar-refractivity contribution in [1.29, 1.82) is 0 Å². The topological polar surface area (TPSA) is 89.4 Å². The molecule has 90 valence electrons. The molecule has 3 N–H and O–H groups in total. The maximum atomic E-state index is 10.7. The molecule has 0 unspecified atom stereocenters. The zero-order valence-corrected chi connectivity index (χ0v) is 9.87. The van der Waals surface area contributed by atoms with E-state index in [-0.39, 0.29) is 31.1 Å². The molecule has 5 nitrogen and oxygen atoms in total. The van der Waals surface area contributed by atoms with Crippen LogP contribution in [0, 0.1) is 10.1 Å². The van der Waals surface area contributed by atoms with Crippen LogP contribution in [0.3, 0.4) is 0 Å². The lowest BCUT2D eigenvalue weighted by atomic mass is 10.0. The fourth-order valence-electron chi connectivity index (χ4n) is 1.28. The lowest BCUT2D eigenvalue weighted by Crippen LogP contribution is -2.13. The molecule has 0 fully saturated rings. The number of hydrogen-bond acceptors (Lipinski definition) is 4. The maximum absolute atomic E-state index is 10.7. The van der Waals surface area contributed by atoms with Crippen molar-refractivity contribution in [3.8, 4) is 0 Å². The Labute approximate surface area is 104 Å². The van der Waals surface area contributed by atoms with Gasteiger partial charge in [0.15, 0.2) is 0 Å². The Balaban J connectivity index is 0.00000225. The molecule has 0 radical (unpaired) electrons. The van der Waals surface area contributed by atoms with Crippen LogP contribution in [0.4, 0.5) is 5.69 Å². The van der Waals surface area contributed by atoms with Gasteiger partial charge >= 0.3 is 0 Å². The Bertz CT molecular complexity index is 374. The first-order valence-electron chi connectivity index (χ1n) is 4.36. The van der Waals surface area contributed by atoms with Crippen molar-refractivity contribution >= 4 is 29.7 Å². The lowest BCUT2D eigenvalue weighted by Gasteiger charge is -2.10. The van der Waals surface area contributed by atoms with E-state index in [0.29, 0.717) is 10.6 Å². The number of nitrogens with two attached hydrogens (primary N) is 1. The summed E-state index contributed by atoms with van der Waals surface area (Å²) in [6.45, 7) is -0.120. The fourth-order valence-corrected chi connectivity index (χ4v) is 1.46. The molecule has 0 aliphatic heterocycles. The Morgan fingerprint density at radius 1 is 1.56 bits per heavy atom. The third kappa shape index (κ3) is 3.61. The third-order valence-corrected chi connectivity index (χ3v) is 2.26. The number of nitrogens with zero attached hydrogens (tertiary/aromatic N) is 1. The van der Waals surface area contributed by atoms with Gasteiger partial charge in [-0.15, -0.1) is 12.4 Å². The number of nitro groups is 1. The summed E-state index contributed by atoms with van der Waals surface area (Å²) in [6.07, 6.45) is 0.265. The average Bonchev–Trinajstić information content (AvgIpc) is 2.17. The second kappa shape index (κ2) is 6.65. The summed E-state index contributed by atoms with van der Waals surface area (Å²) in [5, 5.41) is 19.8. The highest BCUT2D eigenvalue weighted by atomic mass is 35.5. The summed E-state index contributed by atoms with van der Waals surface area (Å²) < 4.78 is 0. The quantitative estimate of drug-likeness (QED) is 0.645. The molecule has 0 aliphatic carbocycles. The number of aliphatic hydroxyl groups excluding tert-OH is 1. The maximum Gasteiger partial charge on any atom is 0.274 e. The van der Waals surface area contributed by atoms with Gasteiger partial charge in [-0.3, -0.25) is 10.1 Å². The van der Waals surface area contributed by atoms with E-state index >= 15 is 0 Å². The molecule has 0 heterocycles. The van der Waals surface area contributed by atoms with Crippen LogP contribution in [0.15, 0.2) is 18.2 Å². The Hall–Kier alpha value is -0.880. The van der Waals surface area contributed by atoms with Crippen LogP contribution in [0.2, 0.25) is 5.02 Å². The van der Waals surface area contributed by atoms with Gasteiger partial charge in [0, 0.05) is 29.3 Å². The van der Waals surface area contributed by atoms with E-state index in [1.807, 2.05) is 0 Å². The monoisotopic (exact) mass is 266 g/mol. The minimum absolute atomic E-state index is 0. The number of aliphatic hydroxyl groups is 1. The fraction of sp³-hybridized carbons (Fsp3) is 0.333. The van der Waals surface area contributed by atoms with Crippen molar-refractivity contribution in [3.63, 3.8) is 0 Å². The van der Waals surface area contributed by atoms with E-state index in [9.17, 15) is 10.1 Å². The summed E-state index contributed by atoms with van der Waals surface area (Å²) in [6, 6.07) is 3.64. The summed E-state index contributed by atoms with van der Waals surface area (Å²) in [5.41, 5.74) is 5.97. The molecule has 0 spiro atoms. The predicted octanol–water partition coefficient (Wildman–Crippen LogP) is 2.05. The molecule has 7 heteroatoms. The molecule has 1 rings (SSSR count). The van der Waals surface area contributed by atoms with E-state index < -0.39 is 11.0 Å². The standard InChI is InChI=1S/C9H11ClN2O3.ClH/c10-6-1-2-9(12(14)15)7(5-6)8(11)3-4-13;/h1-2,5,8,13H,3-4,11H2;1H/t8-;/m0./s1. The Morgan fingerprint density at radius 2 is 2.19 bits per heavy atom. The van der Waals surface area contributed by atoms with Crippen molar-refractivity contribution in [3.05, 3.63) is 38.9 Å². The van der Waals surface area contributed by atoms with E-state index in [1.165, 1.54) is 18.2 Å². The normalized spacial score (nSPS) is 11.7. The molecular weight excluding hydrogens is 255 g/mol. The van der Waals surface area contributed by atoms with Crippen LogP contribution in [0.25, 0.3) is 0 Å². The number of halogens is 2. The smallest absolute Gasteiger partial charge is 0.274 e. The molecule has 0 amide bonds. The Morgan fingerprint density at radius 3 is 2.69 bits per heavy atom. The van der Waals surface area contributed by atoms with Gasteiger partial charge in [-0.05, 0) is 18.6 Å². The van der Waals surface area contributed by atoms with E-state index in [4.69, 9.17) is 22.4 Å². The highest BCUT2D eigenvalue weighted by Crippen LogP contribution is 2.28. The van der Waals surface area contributed by atoms with Crippen molar-refractivity contribution in [2.45, 2.75) is 12.5 Å². The van der Waals surface area contributed by atoms with Gasteiger partial charge in [0.2, 0.25) is 0 Å². The summed E-state index contributed by atoms with van der Waals surface area (Å²) in [4.78, 5) is 10.2. The second-order valence-corrected chi connectivity index (χ2v) is 3.52. The van der Waals surface area contributed by atoms with Crippen LogP contribution in [-0.2, 0) is 0 Å². The zero-order valence-electron chi connectivity index (χ0n) is 8.30. The van der Waals surface area contributed by atoms with E-state index in [2.05, 4.69) is 0 Å². The van der Waals surface area contributed by atoms with Crippen molar-refractivity contribution in [2.24, 2.45) is 5.73 Å². The highest BCUT2D eigenvalue weighted by molar-refractivity contribution is 6.30. The minimum Gasteiger partial charge on any atom is -0.396 e. The Kier molecular flexibility index (Phi) is 6.28. The molecule has 0 saturated carbocycles. The number of nitro benzene ring substituents is 1. The van der Waals surface area contributed by atoms with Gasteiger partial charge < -0.3 is 10.8 Å². The predicted molar refractivity (Wildman–Crippen MR) is 64.0 cm³/mol. The van der Waals surface area contributed by atoms with Crippen molar-refractivity contribution < 1.29 is 10.0 Å². The van der Waals surface area contributed by atoms with Crippen molar-refractivity contribution in [1.82, 2.24) is 0 Å². The molecule has 16 heavy (non-hydrogen) atoms. The zero-order chi connectivity index (χ0) is 11.4. The largest absolute Gasteiger partial charge is 0.396 e. The highest BCUT2D eigenvalue weighted by Gasteiger charge is 2.19. The molecule has 1 aromatic rings. The van der Waals surface area contributed by atoms with Crippen LogP contribution in [-0.4, -0.2) is 16.6 Å². The molecule has 0 saturated heterocycles. The number of benzene rings is 1. The minimum atomic E-state index is -0.575. The van der Waals surface area contributed by atoms with E-state index in [0.717, 1.165) is 0 Å². The molecule has 0 aromatic heterocycles. The lowest BCUT2D eigenvalue weighted by molar-refractivity contribution is -0.385. The summed E-state index contributed by atoms with van der Waals surface area (Å²) in [5.74, 6) is 0. The first-order valence-corrected chi connectivity index (χ1v) is 4.74. The molecular formula is C9H12Cl2N2O3. The van der Waals surface area contributed by atoms with Gasteiger partial charge in [0.25, 0.3) is 5.69 Å². The first kappa shape index (κ1) is 15.1. The number of rotatable bonds is 4. The van der Waals surface area contributed by atoms with Crippen LogP contribution in [0.5, 0.6) is 0 Å². The van der Waals surface area contributed by atoms with Gasteiger partial charge in [-0.2, -0.15) is 0 Å². The van der Waals surface area contributed by atoms with Gasteiger partial charge in [-0.25, -0.2) is 0 Å². The summed E-state index contributed by atoms with van der Waals surface area (Å²) in [7, 11) is 0.